The van der Waals surface area contributed by atoms with Crippen LogP contribution in [0, 0.1) is 0 Å². The zero-order valence-corrected chi connectivity index (χ0v) is 34.6. The third-order valence-corrected chi connectivity index (χ3v) is 14.0. The molecule has 0 fully saturated rings. The van der Waals surface area contributed by atoms with Crippen molar-refractivity contribution in [3.63, 3.8) is 0 Å². The van der Waals surface area contributed by atoms with Crippen molar-refractivity contribution in [1.82, 2.24) is 4.57 Å². The van der Waals surface area contributed by atoms with E-state index in [2.05, 4.69) is 247 Å². The van der Waals surface area contributed by atoms with Crippen molar-refractivity contribution in [2.75, 3.05) is 0 Å². The van der Waals surface area contributed by atoms with E-state index in [0.29, 0.717) is 0 Å². The largest absolute Gasteiger partial charge is 0.309 e. The molecule has 0 radical (unpaired) electrons. The second kappa shape index (κ2) is 14.0. The van der Waals surface area contributed by atoms with Gasteiger partial charge in [0.15, 0.2) is 0 Å². The lowest BCUT2D eigenvalue weighted by Gasteiger charge is -2.33. The molecule has 10 aromatic carbocycles. The van der Waals surface area contributed by atoms with Gasteiger partial charge in [-0.2, -0.15) is 0 Å². The number of hydrogen-bond acceptors (Lipinski definition) is 0. The Labute approximate surface area is 367 Å². The van der Waals surface area contributed by atoms with Crippen LogP contribution >= 0.6 is 0 Å². The maximum absolute atomic E-state index is 2.54. The van der Waals surface area contributed by atoms with E-state index in [1.807, 2.05) is 0 Å². The van der Waals surface area contributed by atoms with Crippen LogP contribution < -0.4 is 0 Å². The summed E-state index contributed by atoms with van der Waals surface area (Å²) in [5.74, 6) is 0.226. The number of aromatic nitrogens is 1. The SMILES string of the molecule is c1ccc(-c2ccc(-n3c4ccc(-c5ccc6c(c5)-c5ccccc5C6c5ccccc5)cc4c4ccc5c(c43)-c3ccccc3C5(c3ccccc3)c3ccccc3)cc2)cc1. The standard InChI is InChI=1S/C62H41N/c1-5-17-41(18-6-1)42-29-33-48(34-30-42)63-58-38-32-45(44-31-35-51-54(39-44)49-25-13-14-26-50(49)59(51)43-19-7-2-8-20-43)40-55(58)52-36-37-57-60(61(52)63)53-27-15-16-28-56(53)62(57,46-21-9-3-10-22-46)47-23-11-4-12-24-47/h1-40,59H. The van der Waals surface area contributed by atoms with Gasteiger partial charge in [-0.3, -0.25) is 0 Å². The molecule has 0 bridgehead atoms. The molecule has 63 heavy (non-hydrogen) atoms. The maximum Gasteiger partial charge on any atom is 0.0714 e. The fourth-order valence-electron chi connectivity index (χ4n) is 11.3. The molecule has 294 valence electrons. The van der Waals surface area contributed by atoms with E-state index in [0.717, 1.165) is 5.69 Å². The van der Waals surface area contributed by atoms with Gasteiger partial charge in [0.25, 0.3) is 0 Å². The summed E-state index contributed by atoms with van der Waals surface area (Å²) in [5.41, 5.74) is 22.4. The predicted molar refractivity (Wildman–Crippen MR) is 262 cm³/mol. The Morgan fingerprint density at radius 2 is 0.905 bits per heavy atom. The van der Waals surface area contributed by atoms with Gasteiger partial charge < -0.3 is 4.57 Å². The second-order valence-electron chi connectivity index (χ2n) is 17.1. The first kappa shape index (κ1) is 35.7. The highest BCUT2D eigenvalue weighted by Crippen LogP contribution is 2.59. The van der Waals surface area contributed by atoms with Crippen molar-refractivity contribution >= 4 is 21.8 Å². The zero-order valence-electron chi connectivity index (χ0n) is 34.6. The fraction of sp³-hybridized carbons (Fsp3) is 0.0323. The monoisotopic (exact) mass is 799 g/mol. The Hall–Kier alpha value is -8.00. The maximum atomic E-state index is 2.54. The summed E-state index contributed by atoms with van der Waals surface area (Å²) in [6, 6.07) is 90.2. The van der Waals surface area contributed by atoms with E-state index in [4.69, 9.17) is 0 Å². The van der Waals surface area contributed by atoms with Crippen molar-refractivity contribution < 1.29 is 0 Å². The highest BCUT2D eigenvalue weighted by Gasteiger charge is 2.47. The molecular formula is C62H41N. The van der Waals surface area contributed by atoms with Gasteiger partial charge in [-0.1, -0.05) is 212 Å². The molecule has 11 aromatic rings. The minimum Gasteiger partial charge on any atom is -0.309 e. The molecular weight excluding hydrogens is 759 g/mol. The van der Waals surface area contributed by atoms with Gasteiger partial charge in [-0.05, 0) is 108 Å². The molecule has 1 aromatic heterocycles. The molecule has 0 spiro atoms. The van der Waals surface area contributed by atoms with Gasteiger partial charge in [-0.25, -0.2) is 0 Å². The van der Waals surface area contributed by atoms with Crippen LogP contribution in [0.25, 0.3) is 72.0 Å². The molecule has 0 saturated heterocycles. The van der Waals surface area contributed by atoms with E-state index in [1.54, 1.807) is 0 Å². The van der Waals surface area contributed by atoms with E-state index >= 15 is 0 Å². The average molecular weight is 800 g/mol. The summed E-state index contributed by atoms with van der Waals surface area (Å²) in [6.07, 6.45) is 0. The minimum absolute atomic E-state index is 0.226. The fourth-order valence-corrected chi connectivity index (χ4v) is 11.3. The highest BCUT2D eigenvalue weighted by atomic mass is 15.0. The van der Waals surface area contributed by atoms with Crippen LogP contribution in [0.2, 0.25) is 0 Å². The van der Waals surface area contributed by atoms with E-state index in [-0.39, 0.29) is 5.92 Å². The normalized spacial score (nSPS) is 14.3. The highest BCUT2D eigenvalue weighted by molar-refractivity contribution is 6.17. The summed E-state index contributed by atoms with van der Waals surface area (Å²) in [5, 5.41) is 2.50. The van der Waals surface area contributed by atoms with Crippen LogP contribution in [0.4, 0.5) is 0 Å². The lowest BCUT2D eigenvalue weighted by molar-refractivity contribution is 0.769. The molecule has 0 N–H and O–H groups in total. The second-order valence-corrected chi connectivity index (χ2v) is 17.1. The van der Waals surface area contributed by atoms with Crippen LogP contribution in [-0.4, -0.2) is 4.57 Å². The van der Waals surface area contributed by atoms with Gasteiger partial charge in [0.2, 0.25) is 0 Å². The predicted octanol–water partition coefficient (Wildman–Crippen LogP) is 15.6. The van der Waals surface area contributed by atoms with Gasteiger partial charge in [0.05, 0.1) is 16.4 Å². The van der Waals surface area contributed by atoms with Crippen LogP contribution in [0.15, 0.2) is 243 Å². The summed E-state index contributed by atoms with van der Waals surface area (Å²) in [7, 11) is 0. The quantitative estimate of drug-likeness (QED) is 0.158. The van der Waals surface area contributed by atoms with E-state index in [9.17, 15) is 0 Å². The Bertz CT molecular complexity index is 3490. The lowest BCUT2D eigenvalue weighted by atomic mass is 9.67. The molecule has 2 aliphatic carbocycles. The molecule has 0 saturated carbocycles. The van der Waals surface area contributed by atoms with Gasteiger partial charge >= 0.3 is 0 Å². The lowest BCUT2D eigenvalue weighted by Crippen LogP contribution is -2.28. The van der Waals surface area contributed by atoms with E-state index in [1.165, 1.54) is 105 Å². The summed E-state index contributed by atoms with van der Waals surface area (Å²) >= 11 is 0. The molecule has 1 heteroatoms. The van der Waals surface area contributed by atoms with Crippen LogP contribution in [0.3, 0.4) is 0 Å². The Morgan fingerprint density at radius 3 is 1.63 bits per heavy atom. The molecule has 0 aliphatic heterocycles. The average Bonchev–Trinajstić information content (AvgIpc) is 3.99. The van der Waals surface area contributed by atoms with Gasteiger partial charge in [0, 0.05) is 27.9 Å². The van der Waals surface area contributed by atoms with Crippen molar-refractivity contribution in [3.8, 4) is 50.2 Å². The van der Waals surface area contributed by atoms with E-state index < -0.39 is 5.41 Å². The smallest absolute Gasteiger partial charge is 0.0714 e. The molecule has 0 amide bonds. The minimum atomic E-state index is -0.495. The first-order chi connectivity index (χ1) is 31.3. The van der Waals surface area contributed by atoms with Crippen LogP contribution in [-0.2, 0) is 5.41 Å². The first-order valence-electron chi connectivity index (χ1n) is 22.0. The van der Waals surface area contributed by atoms with Gasteiger partial charge in [-0.15, -0.1) is 0 Å². The Morgan fingerprint density at radius 1 is 0.349 bits per heavy atom. The topological polar surface area (TPSA) is 4.93 Å². The van der Waals surface area contributed by atoms with Crippen molar-refractivity contribution in [3.05, 3.63) is 282 Å². The summed E-state index contributed by atoms with van der Waals surface area (Å²) < 4.78 is 2.54. The van der Waals surface area contributed by atoms with Crippen molar-refractivity contribution in [2.24, 2.45) is 0 Å². The molecule has 1 nitrogen and oxygen atoms in total. The number of benzene rings is 10. The van der Waals surface area contributed by atoms with Crippen LogP contribution in [0.1, 0.15) is 44.9 Å². The summed E-state index contributed by atoms with van der Waals surface area (Å²) in [4.78, 5) is 0. The number of nitrogens with zero attached hydrogens (tertiary/aromatic N) is 1. The van der Waals surface area contributed by atoms with Crippen molar-refractivity contribution in [1.29, 1.82) is 0 Å². The van der Waals surface area contributed by atoms with Crippen LogP contribution in [0.5, 0.6) is 0 Å². The number of rotatable bonds is 6. The summed E-state index contributed by atoms with van der Waals surface area (Å²) in [6.45, 7) is 0. The molecule has 13 rings (SSSR count). The third-order valence-electron chi connectivity index (χ3n) is 14.0. The Kier molecular flexibility index (Phi) is 7.95. The number of hydrogen-bond donors (Lipinski definition) is 0. The zero-order chi connectivity index (χ0) is 41.5. The van der Waals surface area contributed by atoms with Gasteiger partial charge in [0.1, 0.15) is 0 Å². The number of fused-ring (bicyclic) bond motifs is 10. The third kappa shape index (κ3) is 5.24. The molecule has 1 unspecified atom stereocenters. The Balaban J connectivity index is 1.07. The molecule has 1 heterocycles. The molecule has 2 aliphatic rings. The van der Waals surface area contributed by atoms with Crippen molar-refractivity contribution in [2.45, 2.75) is 11.3 Å². The first-order valence-corrected chi connectivity index (χ1v) is 22.0. The molecule has 1 atom stereocenters.